The van der Waals surface area contributed by atoms with Gasteiger partial charge in [-0.15, -0.1) is 0 Å². The van der Waals surface area contributed by atoms with Crippen molar-refractivity contribution in [1.29, 1.82) is 0 Å². The van der Waals surface area contributed by atoms with Crippen LogP contribution in [0.2, 0.25) is 0 Å². The topological polar surface area (TPSA) is 26.3 Å². The number of carbonyl (C=O) groups excluding carboxylic acids is 1. The predicted octanol–water partition coefficient (Wildman–Crippen LogP) is 8.23. The molecule has 176 valence electrons. The summed E-state index contributed by atoms with van der Waals surface area (Å²) in [5.41, 5.74) is 6.48. The Morgan fingerprint density at radius 1 is 0.562 bits per heavy atom. The number of hydrogen-bond acceptors (Lipinski definition) is 2. The molecule has 0 unspecified atom stereocenters. The minimum atomic E-state index is -0.264. The van der Waals surface area contributed by atoms with E-state index < -0.39 is 0 Å². The molecule has 0 saturated heterocycles. The maximum absolute atomic E-state index is 13.1. The molecular formula is C30H44O2. The summed E-state index contributed by atoms with van der Waals surface area (Å²) in [4.78, 5) is 13.1. The molecule has 0 heterocycles. The van der Waals surface area contributed by atoms with Crippen molar-refractivity contribution in [1.82, 2.24) is 0 Å². The second-order valence-corrected chi connectivity index (χ2v) is 13.3. The van der Waals surface area contributed by atoms with E-state index in [1.54, 1.807) is 0 Å². The standard InChI is InChI=1S/C30H44O2/c1-27(2,3)22-13-20(14-23(17-22)28(4,5)6)19-32-26(31)21-15-24(29(7,8)9)18-25(16-21)30(10,11)12/h13-18H,19H2,1-12H3. The van der Waals surface area contributed by atoms with Crippen LogP contribution < -0.4 is 0 Å². The number of hydrogen-bond donors (Lipinski definition) is 0. The molecule has 2 aromatic rings. The minimum absolute atomic E-state index is 0.0304. The largest absolute Gasteiger partial charge is 0.457 e. The van der Waals surface area contributed by atoms with Crippen LogP contribution in [-0.4, -0.2) is 5.97 Å². The molecule has 2 rings (SSSR count). The van der Waals surface area contributed by atoms with Crippen molar-refractivity contribution in [3.05, 3.63) is 69.8 Å². The Kier molecular flexibility index (Phi) is 7.10. The van der Waals surface area contributed by atoms with Crippen LogP contribution in [0.3, 0.4) is 0 Å². The summed E-state index contributed by atoms with van der Waals surface area (Å²) >= 11 is 0. The van der Waals surface area contributed by atoms with Gasteiger partial charge in [-0.25, -0.2) is 4.79 Å². The fraction of sp³-hybridized carbons (Fsp3) is 0.567. The molecule has 2 heteroatoms. The molecule has 0 amide bonds. The Morgan fingerprint density at radius 2 is 0.875 bits per heavy atom. The lowest BCUT2D eigenvalue weighted by Crippen LogP contribution is -2.19. The Labute approximate surface area is 196 Å². The summed E-state index contributed by atoms with van der Waals surface area (Å²) in [6, 6.07) is 12.8. The Bertz CT molecular complexity index is 903. The van der Waals surface area contributed by atoms with Gasteiger partial charge in [0.2, 0.25) is 0 Å². The molecule has 0 bridgehead atoms. The third kappa shape index (κ3) is 6.70. The number of rotatable bonds is 3. The average Bonchev–Trinajstić information content (AvgIpc) is 2.62. The molecule has 0 spiro atoms. The van der Waals surface area contributed by atoms with Gasteiger partial charge in [-0.2, -0.15) is 0 Å². The average molecular weight is 437 g/mol. The van der Waals surface area contributed by atoms with Crippen LogP contribution in [0.1, 0.15) is 121 Å². The highest BCUT2D eigenvalue weighted by molar-refractivity contribution is 5.90. The molecule has 0 radical (unpaired) electrons. The van der Waals surface area contributed by atoms with E-state index in [-0.39, 0.29) is 34.2 Å². The van der Waals surface area contributed by atoms with Crippen molar-refractivity contribution >= 4 is 5.97 Å². The van der Waals surface area contributed by atoms with E-state index in [1.165, 1.54) is 11.1 Å². The quantitative estimate of drug-likeness (QED) is 0.453. The molecule has 0 N–H and O–H groups in total. The zero-order chi connectivity index (χ0) is 24.7. The molecular weight excluding hydrogens is 392 g/mol. The first-order chi connectivity index (χ1) is 14.3. The Balaban J connectivity index is 2.39. The lowest BCUT2D eigenvalue weighted by atomic mass is 9.79. The van der Waals surface area contributed by atoms with Crippen LogP contribution in [0.5, 0.6) is 0 Å². The van der Waals surface area contributed by atoms with Gasteiger partial charge in [-0.1, -0.05) is 107 Å². The van der Waals surface area contributed by atoms with E-state index in [0.717, 1.165) is 16.7 Å². The van der Waals surface area contributed by atoms with Gasteiger partial charge < -0.3 is 4.74 Å². The maximum atomic E-state index is 13.1. The third-order valence-corrected chi connectivity index (χ3v) is 6.00. The number of esters is 1. The normalized spacial score (nSPS) is 13.2. The maximum Gasteiger partial charge on any atom is 0.338 e. The van der Waals surface area contributed by atoms with E-state index in [4.69, 9.17) is 4.74 Å². The molecule has 0 atom stereocenters. The molecule has 0 aliphatic heterocycles. The monoisotopic (exact) mass is 436 g/mol. The van der Waals surface area contributed by atoms with E-state index >= 15 is 0 Å². The van der Waals surface area contributed by atoms with Crippen molar-refractivity contribution in [2.75, 3.05) is 0 Å². The van der Waals surface area contributed by atoms with Gasteiger partial charge in [-0.05, 0) is 61.6 Å². The first-order valence-electron chi connectivity index (χ1n) is 11.8. The Morgan fingerprint density at radius 3 is 1.19 bits per heavy atom. The summed E-state index contributed by atoms with van der Waals surface area (Å²) in [5, 5.41) is 0. The van der Waals surface area contributed by atoms with Crippen LogP contribution in [0.4, 0.5) is 0 Å². The van der Waals surface area contributed by atoms with Crippen LogP contribution >= 0.6 is 0 Å². The van der Waals surface area contributed by atoms with Crippen LogP contribution in [0.25, 0.3) is 0 Å². The predicted molar refractivity (Wildman–Crippen MR) is 137 cm³/mol. The first-order valence-corrected chi connectivity index (χ1v) is 11.8. The van der Waals surface area contributed by atoms with Crippen molar-refractivity contribution in [3.8, 4) is 0 Å². The van der Waals surface area contributed by atoms with Gasteiger partial charge in [0, 0.05) is 0 Å². The van der Waals surface area contributed by atoms with Crippen LogP contribution in [0, 0.1) is 0 Å². The van der Waals surface area contributed by atoms with Gasteiger partial charge in [-0.3, -0.25) is 0 Å². The molecule has 2 aromatic carbocycles. The van der Waals surface area contributed by atoms with Crippen molar-refractivity contribution < 1.29 is 9.53 Å². The van der Waals surface area contributed by atoms with Gasteiger partial charge in [0.15, 0.2) is 0 Å². The third-order valence-electron chi connectivity index (χ3n) is 6.00. The number of benzene rings is 2. The van der Waals surface area contributed by atoms with E-state index in [9.17, 15) is 4.79 Å². The van der Waals surface area contributed by atoms with Gasteiger partial charge >= 0.3 is 5.97 Å². The van der Waals surface area contributed by atoms with Gasteiger partial charge in [0.1, 0.15) is 6.61 Å². The molecule has 0 aliphatic rings. The fourth-order valence-electron chi connectivity index (χ4n) is 3.49. The Hall–Kier alpha value is -2.09. The molecule has 0 saturated carbocycles. The molecule has 2 nitrogen and oxygen atoms in total. The van der Waals surface area contributed by atoms with Crippen LogP contribution in [-0.2, 0) is 33.0 Å². The van der Waals surface area contributed by atoms with Crippen LogP contribution in [0.15, 0.2) is 36.4 Å². The SMILES string of the molecule is CC(C)(C)c1cc(COC(=O)c2cc(C(C)(C)C)cc(C(C)(C)C)c2)cc(C(C)(C)C)c1. The smallest absolute Gasteiger partial charge is 0.338 e. The number of carbonyl (C=O) groups is 1. The first kappa shape index (κ1) is 26.2. The molecule has 0 aromatic heterocycles. The highest BCUT2D eigenvalue weighted by atomic mass is 16.5. The van der Waals surface area contributed by atoms with E-state index in [1.807, 2.05) is 12.1 Å². The van der Waals surface area contributed by atoms with E-state index in [0.29, 0.717) is 5.56 Å². The summed E-state index contributed by atoms with van der Waals surface area (Å²) in [5.74, 6) is -0.264. The lowest BCUT2D eigenvalue weighted by Gasteiger charge is -2.26. The highest BCUT2D eigenvalue weighted by Gasteiger charge is 2.24. The zero-order valence-electron chi connectivity index (χ0n) is 22.5. The van der Waals surface area contributed by atoms with Crippen molar-refractivity contribution in [2.24, 2.45) is 0 Å². The minimum Gasteiger partial charge on any atom is -0.457 e. The summed E-state index contributed by atoms with van der Waals surface area (Å²) in [6.07, 6.45) is 0. The highest BCUT2D eigenvalue weighted by Crippen LogP contribution is 2.32. The van der Waals surface area contributed by atoms with Gasteiger partial charge in [0.05, 0.1) is 5.56 Å². The zero-order valence-corrected chi connectivity index (χ0v) is 22.5. The molecule has 0 fully saturated rings. The summed E-state index contributed by atoms with van der Waals surface area (Å²) < 4.78 is 5.85. The lowest BCUT2D eigenvalue weighted by molar-refractivity contribution is 0.0472. The fourth-order valence-corrected chi connectivity index (χ4v) is 3.49. The second kappa shape index (κ2) is 8.69. The molecule has 32 heavy (non-hydrogen) atoms. The number of ether oxygens (including phenoxy) is 1. The summed E-state index contributed by atoms with van der Waals surface area (Å²) in [7, 11) is 0. The van der Waals surface area contributed by atoms with Gasteiger partial charge in [0.25, 0.3) is 0 Å². The van der Waals surface area contributed by atoms with Crippen molar-refractivity contribution in [3.63, 3.8) is 0 Å². The second-order valence-electron chi connectivity index (χ2n) is 13.3. The van der Waals surface area contributed by atoms with E-state index in [2.05, 4.69) is 107 Å². The summed E-state index contributed by atoms with van der Waals surface area (Å²) in [6.45, 7) is 26.6. The molecule has 0 aliphatic carbocycles. The van der Waals surface area contributed by atoms with Crippen molar-refractivity contribution in [2.45, 2.75) is 111 Å².